The molecule has 1 heterocycles. The first-order valence-electron chi connectivity index (χ1n) is 6.10. The lowest BCUT2D eigenvalue weighted by molar-refractivity contribution is -0.138. The summed E-state index contributed by atoms with van der Waals surface area (Å²) in [4.78, 5) is 12.0. The molecular formula is C15H18O4. The van der Waals surface area contributed by atoms with Crippen LogP contribution in [0.25, 0.3) is 5.57 Å². The number of carbonyl (C=O) groups excluding carboxylic acids is 1. The predicted octanol–water partition coefficient (Wildman–Crippen LogP) is 2.43. The van der Waals surface area contributed by atoms with Gasteiger partial charge in [0.2, 0.25) is 0 Å². The fraction of sp³-hybridized carbons (Fsp3) is 0.400. The van der Waals surface area contributed by atoms with Crippen LogP contribution >= 0.6 is 0 Å². The number of hydrogen-bond acceptors (Lipinski definition) is 4. The molecule has 0 fully saturated rings. The van der Waals surface area contributed by atoms with E-state index >= 15 is 0 Å². The zero-order valence-electron chi connectivity index (χ0n) is 11.6. The molecule has 1 aromatic carbocycles. The molecule has 102 valence electrons. The minimum Gasteiger partial charge on any atom is -0.497 e. The predicted molar refractivity (Wildman–Crippen MR) is 72.0 cm³/mol. The molecule has 1 aliphatic heterocycles. The average Bonchev–Trinajstić information content (AvgIpc) is 2.73. The van der Waals surface area contributed by atoms with E-state index in [0.717, 1.165) is 16.9 Å². The average molecular weight is 262 g/mol. The minimum atomic E-state index is -0.623. The first kappa shape index (κ1) is 13.6. The molecule has 4 nitrogen and oxygen atoms in total. The molecule has 1 aromatic rings. The Morgan fingerprint density at radius 1 is 1.21 bits per heavy atom. The van der Waals surface area contributed by atoms with E-state index in [0.29, 0.717) is 12.2 Å². The highest BCUT2D eigenvalue weighted by Crippen LogP contribution is 2.37. The van der Waals surface area contributed by atoms with Gasteiger partial charge >= 0.3 is 5.97 Å². The minimum absolute atomic E-state index is 0.340. The van der Waals surface area contributed by atoms with Crippen LogP contribution in [0.3, 0.4) is 0 Å². The van der Waals surface area contributed by atoms with Crippen LogP contribution in [0.1, 0.15) is 19.4 Å². The molecule has 0 unspecified atom stereocenters. The first-order chi connectivity index (χ1) is 8.99. The van der Waals surface area contributed by atoms with Gasteiger partial charge in [0.05, 0.1) is 32.0 Å². The van der Waals surface area contributed by atoms with Crippen LogP contribution in [-0.4, -0.2) is 32.4 Å². The van der Waals surface area contributed by atoms with E-state index in [4.69, 9.17) is 14.2 Å². The molecule has 0 radical (unpaired) electrons. The smallest absolute Gasteiger partial charge is 0.337 e. The number of ether oxygens (including phenoxy) is 3. The molecule has 0 saturated heterocycles. The Labute approximate surface area is 113 Å². The standard InChI is InChI=1S/C15H18O4/c1-15(2)13(14(16)18-4)12(9-19-15)10-5-7-11(17-3)8-6-10/h5-8H,9H2,1-4H3. The molecule has 1 aliphatic rings. The maximum Gasteiger partial charge on any atom is 0.337 e. The highest BCUT2D eigenvalue weighted by atomic mass is 16.5. The van der Waals surface area contributed by atoms with E-state index in [2.05, 4.69) is 0 Å². The van der Waals surface area contributed by atoms with Crippen LogP contribution < -0.4 is 4.74 Å². The number of methoxy groups -OCH3 is 2. The lowest BCUT2D eigenvalue weighted by Gasteiger charge is -2.20. The number of benzene rings is 1. The van der Waals surface area contributed by atoms with Crippen LogP contribution in [0.5, 0.6) is 5.75 Å². The lowest BCUT2D eigenvalue weighted by Crippen LogP contribution is -2.27. The third kappa shape index (κ3) is 2.49. The number of rotatable bonds is 3. The molecular weight excluding hydrogens is 244 g/mol. The van der Waals surface area contributed by atoms with Crippen molar-refractivity contribution in [2.75, 3.05) is 20.8 Å². The second-order valence-corrected chi connectivity index (χ2v) is 4.87. The maximum atomic E-state index is 12.0. The summed E-state index contributed by atoms with van der Waals surface area (Å²) in [5.41, 5.74) is 1.79. The summed E-state index contributed by atoms with van der Waals surface area (Å²) in [5, 5.41) is 0. The third-order valence-corrected chi connectivity index (χ3v) is 3.31. The fourth-order valence-electron chi connectivity index (χ4n) is 2.25. The van der Waals surface area contributed by atoms with Crippen LogP contribution in [-0.2, 0) is 14.3 Å². The highest BCUT2D eigenvalue weighted by molar-refractivity contribution is 6.00. The zero-order valence-corrected chi connectivity index (χ0v) is 11.6. The molecule has 0 amide bonds. The van der Waals surface area contributed by atoms with Crippen molar-refractivity contribution in [1.82, 2.24) is 0 Å². The van der Waals surface area contributed by atoms with Gasteiger partial charge in [-0.1, -0.05) is 12.1 Å². The van der Waals surface area contributed by atoms with Gasteiger partial charge in [-0.25, -0.2) is 4.79 Å². The van der Waals surface area contributed by atoms with Crippen molar-refractivity contribution in [2.24, 2.45) is 0 Å². The molecule has 2 rings (SSSR count). The van der Waals surface area contributed by atoms with E-state index < -0.39 is 5.60 Å². The van der Waals surface area contributed by atoms with Gasteiger partial charge in [0.25, 0.3) is 0 Å². The Morgan fingerprint density at radius 3 is 2.37 bits per heavy atom. The second kappa shape index (κ2) is 5.05. The normalized spacial score (nSPS) is 17.5. The Balaban J connectivity index is 2.47. The van der Waals surface area contributed by atoms with Gasteiger partial charge in [0.1, 0.15) is 5.75 Å². The number of esters is 1. The highest BCUT2D eigenvalue weighted by Gasteiger charge is 2.39. The maximum absolute atomic E-state index is 12.0. The summed E-state index contributed by atoms with van der Waals surface area (Å²) in [7, 11) is 3.01. The SMILES string of the molecule is COC(=O)C1=C(c2ccc(OC)cc2)COC1(C)C. The van der Waals surface area contributed by atoms with Gasteiger partial charge < -0.3 is 14.2 Å². The van der Waals surface area contributed by atoms with Crippen molar-refractivity contribution >= 4 is 11.5 Å². The Hall–Kier alpha value is -1.81. The van der Waals surface area contributed by atoms with Crippen LogP contribution in [0, 0.1) is 0 Å². The molecule has 19 heavy (non-hydrogen) atoms. The Bertz CT molecular complexity index is 511. The van der Waals surface area contributed by atoms with E-state index in [1.54, 1.807) is 7.11 Å². The molecule has 0 saturated carbocycles. The van der Waals surface area contributed by atoms with Gasteiger partial charge in [-0.3, -0.25) is 0 Å². The van der Waals surface area contributed by atoms with E-state index in [1.807, 2.05) is 38.1 Å². The third-order valence-electron chi connectivity index (χ3n) is 3.31. The van der Waals surface area contributed by atoms with Gasteiger partial charge in [0.15, 0.2) is 0 Å². The fourth-order valence-corrected chi connectivity index (χ4v) is 2.25. The Kier molecular flexibility index (Phi) is 3.62. The quantitative estimate of drug-likeness (QED) is 0.785. The molecule has 0 atom stereocenters. The second-order valence-electron chi connectivity index (χ2n) is 4.87. The molecule has 0 bridgehead atoms. The number of hydrogen-bond donors (Lipinski definition) is 0. The van der Waals surface area contributed by atoms with Crippen LogP contribution in [0.2, 0.25) is 0 Å². The van der Waals surface area contributed by atoms with Crippen molar-refractivity contribution in [3.63, 3.8) is 0 Å². The Morgan fingerprint density at radius 2 is 1.84 bits per heavy atom. The van der Waals surface area contributed by atoms with Gasteiger partial charge in [-0.2, -0.15) is 0 Å². The zero-order chi connectivity index (χ0) is 14.0. The van der Waals surface area contributed by atoms with Crippen molar-refractivity contribution in [3.05, 3.63) is 35.4 Å². The molecule has 0 aromatic heterocycles. The summed E-state index contributed by atoms with van der Waals surface area (Å²) >= 11 is 0. The molecule has 4 heteroatoms. The van der Waals surface area contributed by atoms with Gasteiger partial charge in [0, 0.05) is 0 Å². The van der Waals surface area contributed by atoms with E-state index in [9.17, 15) is 4.79 Å². The molecule has 0 spiro atoms. The topological polar surface area (TPSA) is 44.8 Å². The lowest BCUT2D eigenvalue weighted by atomic mass is 9.92. The van der Waals surface area contributed by atoms with E-state index in [1.165, 1.54) is 7.11 Å². The van der Waals surface area contributed by atoms with Gasteiger partial charge in [-0.05, 0) is 37.1 Å². The van der Waals surface area contributed by atoms with Crippen LogP contribution in [0.4, 0.5) is 0 Å². The number of carbonyl (C=O) groups is 1. The molecule has 0 N–H and O–H groups in total. The summed E-state index contributed by atoms with van der Waals surface area (Å²) in [6.07, 6.45) is 0. The summed E-state index contributed by atoms with van der Waals surface area (Å²) in [5.74, 6) is 0.440. The van der Waals surface area contributed by atoms with Crippen LogP contribution in [0.15, 0.2) is 29.8 Å². The van der Waals surface area contributed by atoms with Crippen molar-refractivity contribution in [2.45, 2.75) is 19.4 Å². The molecule has 0 aliphatic carbocycles. The largest absolute Gasteiger partial charge is 0.497 e. The summed E-state index contributed by atoms with van der Waals surface area (Å²) in [6.45, 7) is 4.15. The summed E-state index contributed by atoms with van der Waals surface area (Å²) in [6, 6.07) is 7.56. The first-order valence-corrected chi connectivity index (χ1v) is 6.10. The van der Waals surface area contributed by atoms with E-state index in [-0.39, 0.29) is 5.97 Å². The van der Waals surface area contributed by atoms with Crippen molar-refractivity contribution < 1.29 is 19.0 Å². The monoisotopic (exact) mass is 262 g/mol. The van der Waals surface area contributed by atoms with Crippen molar-refractivity contribution in [1.29, 1.82) is 0 Å². The van der Waals surface area contributed by atoms with Gasteiger partial charge in [-0.15, -0.1) is 0 Å². The van der Waals surface area contributed by atoms with Crippen molar-refractivity contribution in [3.8, 4) is 5.75 Å². The summed E-state index contributed by atoms with van der Waals surface area (Å²) < 4.78 is 15.7.